The Hall–Kier alpha value is -9.29. The molecule has 25 heteroatoms. The highest BCUT2D eigenvalue weighted by Crippen LogP contribution is 2.20. The number of H-pyrrole nitrogens is 2. The summed E-state index contributed by atoms with van der Waals surface area (Å²) >= 11 is 0. The van der Waals surface area contributed by atoms with Crippen LogP contribution in [0.2, 0.25) is 0 Å². The van der Waals surface area contributed by atoms with E-state index in [2.05, 4.69) is 57.2 Å². The number of phenols is 1. The molecule has 0 saturated carbocycles. The lowest BCUT2D eigenvalue weighted by Gasteiger charge is -2.28. The van der Waals surface area contributed by atoms with Crippen LogP contribution in [0.1, 0.15) is 55.0 Å². The lowest BCUT2D eigenvalue weighted by Crippen LogP contribution is -2.60. The number of aliphatic carboxylic acids is 1. The number of imidazole rings is 1. The second-order valence-electron chi connectivity index (χ2n) is 17.5. The molecule has 0 saturated heterocycles. The number of hydrogen-bond acceptors (Lipinski definition) is 12. The summed E-state index contributed by atoms with van der Waals surface area (Å²) in [4.78, 5) is 135. The maximum atomic E-state index is 14.6. The largest absolute Gasteiger partial charge is 0.508 e. The van der Waals surface area contributed by atoms with Gasteiger partial charge in [0.15, 0.2) is 5.96 Å². The van der Waals surface area contributed by atoms with Crippen LogP contribution in [-0.4, -0.2) is 134 Å². The van der Waals surface area contributed by atoms with E-state index in [1.54, 1.807) is 42.6 Å². The van der Waals surface area contributed by atoms with Crippen molar-refractivity contribution in [1.82, 2.24) is 52.2 Å². The van der Waals surface area contributed by atoms with Gasteiger partial charge in [-0.1, -0.05) is 60.7 Å². The highest BCUT2D eigenvalue weighted by molar-refractivity contribution is 5.98. The van der Waals surface area contributed by atoms with Crippen molar-refractivity contribution in [1.29, 1.82) is 0 Å². The molecular weight excluding hydrogens is 973 g/mol. The molecule has 25 nitrogen and oxygen atoms in total. The molecule has 3 aromatic carbocycles. The zero-order valence-electron chi connectivity index (χ0n) is 41.0. The zero-order chi connectivity index (χ0) is 54.4. The number of benzene rings is 3. The Labute approximate surface area is 430 Å². The van der Waals surface area contributed by atoms with Crippen molar-refractivity contribution in [2.45, 2.75) is 94.5 Å². The number of para-hydroxylation sites is 1. The molecular formula is C50H62N14O11. The Morgan fingerprint density at radius 1 is 0.613 bits per heavy atom. The van der Waals surface area contributed by atoms with E-state index in [9.17, 15) is 53.4 Å². The van der Waals surface area contributed by atoms with Crippen molar-refractivity contribution >= 4 is 70.1 Å². The van der Waals surface area contributed by atoms with Gasteiger partial charge in [-0.2, -0.15) is 0 Å². The van der Waals surface area contributed by atoms with Gasteiger partial charge in [-0.25, -0.2) is 4.98 Å². The van der Waals surface area contributed by atoms with Crippen LogP contribution in [0.25, 0.3) is 10.9 Å². The fourth-order valence-electron chi connectivity index (χ4n) is 7.90. The standard InChI is InChI=1S/C50H62N14O11/c1-28(65)59-38(21-30-13-15-33(66)16-14-30)47(73)61-37(17-18-43(68)69)46(72)64-41(23-32-25-54-27-58-32)49(75)62-39(20-29-8-3-2-4-9-29)48(74)60-36(12-7-19-55-50(52)53)45(71)63-40(44(70)57-26-42(51)67)22-31-24-56-35-11-6-5-10-34(31)35/h2-6,8-11,13-16,24-25,27,36-41,56,66H,7,12,17-23,26H2,1H3,(H2,51,67)(H,54,58)(H,57,70)(H,59,65)(H,60,74)(H,61,73)(H,62,75)(H,63,71)(H,64,72)(H,68,69)(H4,52,53,55)/t36-,37-,38-,39+,40-,41-/m0/s1. The van der Waals surface area contributed by atoms with Crippen molar-refractivity contribution in [2.75, 3.05) is 13.1 Å². The summed E-state index contributed by atoms with van der Waals surface area (Å²) in [5, 5.41) is 38.3. The summed E-state index contributed by atoms with van der Waals surface area (Å²) in [6, 6.07) is 13.2. The Morgan fingerprint density at radius 3 is 1.72 bits per heavy atom. The molecule has 2 heterocycles. The number of carboxylic acid groups (broad SMARTS) is 1. The molecule has 0 fully saturated rings. The minimum atomic E-state index is -1.57. The van der Waals surface area contributed by atoms with Crippen LogP contribution in [0.15, 0.2) is 103 Å². The number of aromatic hydroxyl groups is 1. The number of aliphatic imine (C=N–C) groups is 1. The molecule has 0 aliphatic heterocycles. The number of nitrogens with zero attached hydrogens (tertiary/aromatic N) is 2. The highest BCUT2D eigenvalue weighted by atomic mass is 16.4. The fourth-order valence-corrected chi connectivity index (χ4v) is 7.90. The number of carbonyl (C=O) groups excluding carboxylic acids is 8. The summed E-state index contributed by atoms with van der Waals surface area (Å²) in [6.45, 7) is 0.692. The van der Waals surface area contributed by atoms with Gasteiger partial charge in [0, 0.05) is 74.6 Å². The topological polar surface area (TPSA) is 413 Å². The monoisotopic (exact) mass is 1030 g/mol. The molecule has 398 valence electrons. The summed E-state index contributed by atoms with van der Waals surface area (Å²) in [5.74, 6) is -8.16. The Bertz CT molecular complexity index is 2800. The predicted octanol–water partition coefficient (Wildman–Crippen LogP) is -1.68. The number of aromatic nitrogens is 3. The molecule has 8 amide bonds. The van der Waals surface area contributed by atoms with Gasteiger partial charge in [0.05, 0.1) is 12.9 Å². The fraction of sp³-hybridized carbons (Fsp3) is 0.340. The van der Waals surface area contributed by atoms with Crippen molar-refractivity contribution in [3.05, 3.63) is 120 Å². The summed E-state index contributed by atoms with van der Waals surface area (Å²) in [6.07, 6.45) is 2.88. The predicted molar refractivity (Wildman–Crippen MR) is 272 cm³/mol. The van der Waals surface area contributed by atoms with E-state index in [0.717, 1.165) is 10.9 Å². The second-order valence-corrected chi connectivity index (χ2v) is 17.5. The van der Waals surface area contributed by atoms with Crippen LogP contribution in [-0.2, 0) is 68.8 Å². The van der Waals surface area contributed by atoms with E-state index in [1.165, 1.54) is 43.7 Å². The molecule has 0 aliphatic carbocycles. The van der Waals surface area contributed by atoms with Crippen LogP contribution >= 0.6 is 0 Å². The second kappa shape index (κ2) is 28.1. The average Bonchev–Trinajstić information content (AvgIpc) is 4.05. The molecule has 75 heavy (non-hydrogen) atoms. The van der Waals surface area contributed by atoms with E-state index < -0.39 is 109 Å². The minimum Gasteiger partial charge on any atom is -0.508 e. The van der Waals surface area contributed by atoms with E-state index in [0.29, 0.717) is 22.4 Å². The van der Waals surface area contributed by atoms with Gasteiger partial charge < -0.3 is 74.6 Å². The molecule has 2 aromatic heterocycles. The number of guanidine groups is 1. The van der Waals surface area contributed by atoms with Gasteiger partial charge in [0.25, 0.3) is 0 Å². The number of phenolic OH excluding ortho intramolecular Hbond substituents is 1. The Morgan fingerprint density at radius 2 is 1.15 bits per heavy atom. The van der Waals surface area contributed by atoms with Gasteiger partial charge in [0.2, 0.25) is 47.3 Å². The quantitative estimate of drug-likeness (QED) is 0.0145. The van der Waals surface area contributed by atoms with Crippen LogP contribution in [0.5, 0.6) is 5.75 Å². The van der Waals surface area contributed by atoms with Crippen molar-refractivity contribution in [3.8, 4) is 5.75 Å². The number of amides is 8. The third kappa shape index (κ3) is 18.7. The molecule has 0 radical (unpaired) electrons. The Balaban J connectivity index is 1.42. The first-order chi connectivity index (χ1) is 35.8. The number of rotatable bonds is 29. The molecule has 0 unspecified atom stereocenters. The molecule has 5 rings (SSSR count). The Kier molecular flexibility index (Phi) is 21.2. The third-order valence-corrected chi connectivity index (χ3v) is 11.6. The summed E-state index contributed by atoms with van der Waals surface area (Å²) in [5.41, 5.74) is 19.3. The van der Waals surface area contributed by atoms with Crippen LogP contribution < -0.4 is 54.4 Å². The third-order valence-electron chi connectivity index (χ3n) is 11.6. The molecule has 5 aromatic rings. The molecule has 0 bridgehead atoms. The maximum absolute atomic E-state index is 14.6. The van der Waals surface area contributed by atoms with E-state index >= 15 is 0 Å². The first-order valence-electron chi connectivity index (χ1n) is 23.8. The lowest BCUT2D eigenvalue weighted by atomic mass is 10.0. The molecule has 0 spiro atoms. The molecule has 17 N–H and O–H groups in total. The first kappa shape index (κ1) is 56.6. The number of primary amides is 1. The maximum Gasteiger partial charge on any atom is 0.303 e. The van der Waals surface area contributed by atoms with E-state index in [4.69, 9.17) is 17.2 Å². The molecule has 0 aliphatic rings. The zero-order valence-corrected chi connectivity index (χ0v) is 41.0. The molecule has 6 atom stereocenters. The number of carbonyl (C=O) groups is 9. The van der Waals surface area contributed by atoms with Crippen LogP contribution in [0.3, 0.4) is 0 Å². The van der Waals surface area contributed by atoms with Crippen molar-refractivity contribution < 1.29 is 53.4 Å². The number of hydrogen-bond donors (Lipinski definition) is 14. The van der Waals surface area contributed by atoms with Crippen molar-refractivity contribution in [2.24, 2.45) is 22.2 Å². The lowest BCUT2D eigenvalue weighted by molar-refractivity contribution is -0.138. The summed E-state index contributed by atoms with van der Waals surface area (Å²) in [7, 11) is 0. The average molecular weight is 1040 g/mol. The number of aromatic amines is 2. The number of carboxylic acids is 1. The van der Waals surface area contributed by atoms with Gasteiger partial charge in [-0.3, -0.25) is 48.1 Å². The minimum absolute atomic E-state index is 0.0391. The van der Waals surface area contributed by atoms with Crippen molar-refractivity contribution in [3.63, 3.8) is 0 Å². The van der Waals surface area contributed by atoms with Gasteiger partial charge in [-0.05, 0) is 54.2 Å². The van der Waals surface area contributed by atoms with Gasteiger partial charge >= 0.3 is 5.97 Å². The van der Waals surface area contributed by atoms with Gasteiger partial charge in [-0.15, -0.1) is 0 Å². The number of nitrogens with one attached hydrogen (secondary N) is 9. The smallest absolute Gasteiger partial charge is 0.303 e. The highest BCUT2D eigenvalue weighted by Gasteiger charge is 2.34. The first-order valence-corrected chi connectivity index (χ1v) is 23.8. The SMILES string of the molecule is CC(=O)N[C@@H](Cc1ccc(O)cc1)C(=O)N[C@@H](CCC(=O)O)C(=O)N[C@@H](Cc1cnc[nH]1)C(=O)N[C@H](Cc1ccccc1)C(=O)N[C@@H](CCCN=C(N)N)C(=O)N[C@@H](Cc1c[nH]c2ccccc12)C(=O)NCC(N)=O. The van der Waals surface area contributed by atoms with E-state index in [1.807, 2.05) is 18.2 Å². The number of nitrogens with two attached hydrogens (primary N) is 3. The van der Waals surface area contributed by atoms with Gasteiger partial charge in [0.1, 0.15) is 42.0 Å². The number of fused-ring (bicyclic) bond motifs is 1. The summed E-state index contributed by atoms with van der Waals surface area (Å²) < 4.78 is 0. The van der Waals surface area contributed by atoms with Crippen LogP contribution in [0.4, 0.5) is 0 Å². The van der Waals surface area contributed by atoms with E-state index in [-0.39, 0.29) is 56.8 Å². The van der Waals surface area contributed by atoms with Crippen LogP contribution in [0, 0.1) is 0 Å². The normalized spacial score (nSPS) is 13.3.